The highest BCUT2D eigenvalue weighted by Crippen LogP contribution is 2.18. The Bertz CT molecular complexity index is 1170. The van der Waals surface area contributed by atoms with E-state index in [9.17, 15) is 4.79 Å². The summed E-state index contributed by atoms with van der Waals surface area (Å²) in [7, 11) is 3.02. The number of methoxy groups -OCH3 is 1. The van der Waals surface area contributed by atoms with Crippen molar-refractivity contribution in [2.75, 3.05) is 7.11 Å². The number of aryl methyl sites for hydroxylation is 1. The van der Waals surface area contributed by atoms with Crippen LogP contribution in [0.25, 0.3) is 5.69 Å². The van der Waals surface area contributed by atoms with Crippen LogP contribution in [-0.2, 0) is 18.5 Å². The molecule has 0 N–H and O–H groups in total. The molecule has 29 heavy (non-hydrogen) atoms. The molecule has 0 spiro atoms. The number of oxime groups is 1. The van der Waals surface area contributed by atoms with Crippen LogP contribution in [0.5, 0.6) is 6.01 Å². The van der Waals surface area contributed by atoms with E-state index in [-0.39, 0.29) is 18.3 Å². The van der Waals surface area contributed by atoms with Crippen LogP contribution >= 0.6 is 11.6 Å². The normalized spacial score (nSPS) is 11.0. The largest absolute Gasteiger partial charge is 0.467 e. The maximum Gasteiger partial charge on any atom is 0.353 e. The van der Waals surface area contributed by atoms with E-state index >= 15 is 0 Å². The molecule has 0 saturated heterocycles. The van der Waals surface area contributed by atoms with Crippen LogP contribution < -0.4 is 10.4 Å². The monoisotopic (exact) mass is 410 g/mol. The van der Waals surface area contributed by atoms with E-state index < -0.39 is 0 Å². The van der Waals surface area contributed by atoms with Gasteiger partial charge in [-0.05, 0) is 37.1 Å². The molecule has 2 aromatic carbocycles. The number of rotatable bonds is 5. The number of hydrogen-bond donors (Lipinski definition) is 0. The van der Waals surface area contributed by atoms with E-state index in [1.54, 1.807) is 32.2 Å². The molecule has 1 heterocycles. The molecule has 0 atom stereocenters. The fourth-order valence-corrected chi connectivity index (χ4v) is 2.77. The number of benzene rings is 2. The van der Waals surface area contributed by atoms with Crippen molar-refractivity contribution in [2.45, 2.75) is 13.5 Å². The second-order valence-electron chi connectivity index (χ2n) is 6.07. The van der Waals surface area contributed by atoms with E-state index in [1.165, 1.54) is 16.4 Å². The maximum atomic E-state index is 12.4. The lowest BCUT2D eigenvalue weighted by atomic mass is 10.2. The van der Waals surface area contributed by atoms with Gasteiger partial charge in [-0.2, -0.15) is 0 Å². The zero-order chi connectivity index (χ0) is 20.8. The van der Waals surface area contributed by atoms with Gasteiger partial charge >= 0.3 is 11.7 Å². The molecule has 0 amide bonds. The third-order valence-corrected chi connectivity index (χ3v) is 4.18. The maximum absolute atomic E-state index is 12.4. The number of hydrogen-bond acceptors (Lipinski definition) is 5. The van der Waals surface area contributed by atoms with Gasteiger partial charge in [0.1, 0.15) is 12.3 Å². The minimum atomic E-state index is -0.318. The Morgan fingerprint density at radius 3 is 2.79 bits per heavy atom. The van der Waals surface area contributed by atoms with Crippen molar-refractivity contribution in [3.05, 3.63) is 75.2 Å². The summed E-state index contributed by atoms with van der Waals surface area (Å²) in [5.74, 6) is 5.90. The fourth-order valence-electron chi connectivity index (χ4n) is 2.58. The molecule has 0 radical (unpaired) electrons. The summed E-state index contributed by atoms with van der Waals surface area (Å²) < 4.78 is 7.81. The van der Waals surface area contributed by atoms with E-state index in [1.807, 2.05) is 30.3 Å². The van der Waals surface area contributed by atoms with Crippen molar-refractivity contribution < 1.29 is 9.57 Å². The lowest BCUT2D eigenvalue weighted by Crippen LogP contribution is -2.22. The van der Waals surface area contributed by atoms with Gasteiger partial charge in [0.2, 0.25) is 0 Å². The van der Waals surface area contributed by atoms with Gasteiger partial charge in [0.15, 0.2) is 0 Å². The Kier molecular flexibility index (Phi) is 6.37. The molecule has 0 fully saturated rings. The molecule has 148 valence electrons. The predicted octanol–water partition coefficient (Wildman–Crippen LogP) is 3.18. The molecule has 3 aromatic rings. The summed E-state index contributed by atoms with van der Waals surface area (Å²) in [4.78, 5) is 17.9. The van der Waals surface area contributed by atoms with Gasteiger partial charge in [-0.3, -0.25) is 0 Å². The van der Waals surface area contributed by atoms with Crippen molar-refractivity contribution in [1.29, 1.82) is 0 Å². The van der Waals surface area contributed by atoms with Crippen LogP contribution in [0.2, 0.25) is 5.02 Å². The van der Waals surface area contributed by atoms with Gasteiger partial charge in [0, 0.05) is 23.2 Å². The summed E-state index contributed by atoms with van der Waals surface area (Å²) in [5.41, 5.74) is 2.35. The molecule has 0 unspecified atom stereocenters. The number of nitrogens with zero attached hydrogens (tertiary/aromatic N) is 4. The molecule has 0 aliphatic carbocycles. The molecule has 0 aliphatic heterocycles. The van der Waals surface area contributed by atoms with Crippen LogP contribution in [0, 0.1) is 11.8 Å². The van der Waals surface area contributed by atoms with E-state index in [0.717, 1.165) is 11.1 Å². The zero-order valence-corrected chi connectivity index (χ0v) is 17.0. The predicted molar refractivity (Wildman–Crippen MR) is 112 cm³/mol. The van der Waals surface area contributed by atoms with Gasteiger partial charge in [0.25, 0.3) is 0 Å². The van der Waals surface area contributed by atoms with Crippen molar-refractivity contribution in [1.82, 2.24) is 14.3 Å². The third-order valence-electron chi connectivity index (χ3n) is 3.94. The van der Waals surface area contributed by atoms with Gasteiger partial charge < -0.3 is 9.57 Å². The van der Waals surface area contributed by atoms with E-state index in [0.29, 0.717) is 16.4 Å². The first-order valence-corrected chi connectivity index (χ1v) is 9.10. The van der Waals surface area contributed by atoms with Crippen LogP contribution in [0.3, 0.4) is 0 Å². The zero-order valence-electron chi connectivity index (χ0n) is 16.2. The van der Waals surface area contributed by atoms with E-state index in [4.69, 9.17) is 21.2 Å². The summed E-state index contributed by atoms with van der Waals surface area (Å²) in [6.45, 7) is 1.90. The van der Waals surface area contributed by atoms with Crippen molar-refractivity contribution >= 4 is 17.3 Å². The fraction of sp³-hybridized carbons (Fsp3) is 0.190. The van der Waals surface area contributed by atoms with E-state index in [2.05, 4.69) is 22.1 Å². The highest BCUT2D eigenvalue weighted by Gasteiger charge is 2.16. The molecular weight excluding hydrogens is 392 g/mol. The summed E-state index contributed by atoms with van der Waals surface area (Å²) in [6.07, 6.45) is 0. The molecule has 0 bridgehead atoms. The van der Waals surface area contributed by atoms with Crippen LogP contribution in [0.15, 0.2) is 58.5 Å². The molecule has 3 rings (SSSR count). The summed E-state index contributed by atoms with van der Waals surface area (Å²) >= 11 is 5.95. The lowest BCUT2D eigenvalue weighted by Gasteiger charge is -2.09. The Morgan fingerprint density at radius 1 is 1.24 bits per heavy atom. The average molecular weight is 411 g/mol. The quantitative estimate of drug-likeness (QED) is 0.368. The first kappa shape index (κ1) is 20.2. The number of halogens is 1. The van der Waals surface area contributed by atoms with Crippen LogP contribution in [-0.4, -0.2) is 27.2 Å². The summed E-state index contributed by atoms with van der Waals surface area (Å²) in [6, 6.07) is 14.8. The highest BCUT2D eigenvalue weighted by atomic mass is 35.5. The number of para-hydroxylation sites is 1. The van der Waals surface area contributed by atoms with Gasteiger partial charge in [-0.25, -0.2) is 14.0 Å². The topological polar surface area (TPSA) is 70.6 Å². The minimum absolute atomic E-state index is 0.150. The van der Waals surface area contributed by atoms with Gasteiger partial charge in [-0.15, -0.1) is 5.10 Å². The Morgan fingerprint density at radius 2 is 2.03 bits per heavy atom. The second kappa shape index (κ2) is 9.13. The van der Waals surface area contributed by atoms with Gasteiger partial charge in [0.05, 0.1) is 12.8 Å². The first-order chi connectivity index (χ1) is 14.0. The van der Waals surface area contributed by atoms with Crippen molar-refractivity contribution in [2.24, 2.45) is 12.2 Å². The standard InChI is InChI=1S/C21H19ClN4O3/c1-15(11-12-16-7-6-9-18(22)13-16)24-29-14-17-8-4-5-10-19(17)26-20(28-3)23-25(2)21(26)27/h4-10,13H,14H2,1-3H3/b24-15+. The van der Waals surface area contributed by atoms with Crippen LogP contribution in [0.1, 0.15) is 18.1 Å². The number of ether oxygens (including phenoxy) is 1. The Hall–Kier alpha value is -3.50. The molecular formula is C21H19ClN4O3. The lowest BCUT2D eigenvalue weighted by molar-refractivity contribution is 0.130. The molecule has 0 saturated carbocycles. The first-order valence-electron chi connectivity index (χ1n) is 8.72. The summed E-state index contributed by atoms with van der Waals surface area (Å²) in [5, 5.41) is 8.72. The van der Waals surface area contributed by atoms with Crippen molar-refractivity contribution in [3.63, 3.8) is 0 Å². The van der Waals surface area contributed by atoms with Gasteiger partial charge in [-0.1, -0.05) is 46.9 Å². The Labute approximate surface area is 173 Å². The third kappa shape index (κ3) is 4.86. The minimum Gasteiger partial charge on any atom is -0.467 e. The van der Waals surface area contributed by atoms with Crippen LogP contribution in [0.4, 0.5) is 0 Å². The molecule has 1 aromatic heterocycles. The molecule has 8 heteroatoms. The smallest absolute Gasteiger partial charge is 0.353 e. The SMILES string of the molecule is COc1nn(C)c(=O)n1-c1ccccc1CO/N=C(\C)C#Cc1cccc(Cl)c1. The Balaban J connectivity index is 1.78. The highest BCUT2D eigenvalue weighted by molar-refractivity contribution is 6.30. The second-order valence-corrected chi connectivity index (χ2v) is 6.50. The molecule has 7 nitrogen and oxygen atoms in total. The average Bonchev–Trinajstić information content (AvgIpc) is 3.01. The molecule has 0 aliphatic rings. The number of aromatic nitrogens is 3. The van der Waals surface area contributed by atoms with Crippen molar-refractivity contribution in [3.8, 4) is 23.5 Å².